The number of aromatic nitrogens is 4. The van der Waals surface area contributed by atoms with E-state index in [1.165, 1.54) is 27.6 Å². The van der Waals surface area contributed by atoms with Gasteiger partial charge in [-0.05, 0) is 42.2 Å². The molecule has 0 aliphatic carbocycles. The lowest BCUT2D eigenvalue weighted by Gasteiger charge is -2.30. The molecule has 3 N–H and O–H groups in total. The Morgan fingerprint density at radius 1 is 1.16 bits per heavy atom. The summed E-state index contributed by atoms with van der Waals surface area (Å²) >= 11 is 0. The Morgan fingerprint density at radius 3 is 2.68 bits per heavy atom. The number of fused-ring (bicyclic) bond motifs is 2. The van der Waals surface area contributed by atoms with Gasteiger partial charge in [0.05, 0.1) is 5.52 Å². The van der Waals surface area contributed by atoms with Crippen LogP contribution in [0.1, 0.15) is 31.9 Å². The molecular weight excluding hydrogens is 499 g/mol. The number of nitrogens with one attached hydrogen (secondary N) is 2. The molecule has 0 saturated carbocycles. The van der Waals surface area contributed by atoms with E-state index in [9.17, 15) is 18.0 Å². The van der Waals surface area contributed by atoms with Crippen molar-refractivity contribution in [1.82, 2.24) is 29.8 Å². The highest BCUT2D eigenvalue weighted by Gasteiger charge is 2.47. The van der Waals surface area contributed by atoms with Gasteiger partial charge in [0.2, 0.25) is 0 Å². The van der Waals surface area contributed by atoms with Crippen LogP contribution >= 0.6 is 0 Å². The number of likely N-dealkylation sites (tertiary alicyclic amines) is 1. The van der Waals surface area contributed by atoms with E-state index in [1.54, 1.807) is 6.07 Å². The van der Waals surface area contributed by atoms with E-state index in [4.69, 9.17) is 10.1 Å². The number of carbonyl (C=O) groups is 1. The number of nitrogens with zero attached hydrogens (tertiary/aromatic N) is 5. The molecule has 1 aromatic carbocycles. The van der Waals surface area contributed by atoms with Gasteiger partial charge in [0.1, 0.15) is 11.7 Å². The predicted octanol–water partition coefficient (Wildman–Crippen LogP) is 4.96. The standard InChI is InChI=1S/C26H28F3N7O2/c1-15(2)12-30-18-6-3-16-4-7-20(32-21(16)11-18)24-34-33-22-8-5-17(13-36(22)24)23(26(27,28)29)35-10-9-19(14-35)31-25(37)38/h3-8,11,13,15,19,23,30-31H,9-10,12,14H2,1-2H3,(H,37,38)/t19-,23?/m0/s1. The number of anilines is 1. The maximum Gasteiger partial charge on any atom is 0.408 e. The second-order valence-corrected chi connectivity index (χ2v) is 9.97. The fraction of sp³-hybridized carbons (Fsp3) is 0.385. The molecule has 1 aliphatic rings. The molecular formula is C26H28F3N7O2. The van der Waals surface area contributed by atoms with Gasteiger partial charge in [-0.3, -0.25) is 9.30 Å². The molecule has 0 bridgehead atoms. The quantitative estimate of drug-likeness (QED) is 0.312. The molecule has 1 amide bonds. The van der Waals surface area contributed by atoms with Crippen LogP contribution in [0.2, 0.25) is 0 Å². The summed E-state index contributed by atoms with van der Waals surface area (Å²) < 4.78 is 44.4. The maximum atomic E-state index is 14.3. The Morgan fingerprint density at radius 2 is 1.95 bits per heavy atom. The summed E-state index contributed by atoms with van der Waals surface area (Å²) in [5.41, 5.74) is 2.55. The molecule has 0 radical (unpaired) electrons. The summed E-state index contributed by atoms with van der Waals surface area (Å²) in [6.07, 6.45) is -4.12. The molecule has 2 atom stereocenters. The lowest BCUT2D eigenvalue weighted by atomic mass is 10.1. The maximum absolute atomic E-state index is 14.3. The number of rotatable bonds is 7. The third kappa shape index (κ3) is 5.35. The first-order valence-electron chi connectivity index (χ1n) is 12.4. The van der Waals surface area contributed by atoms with E-state index in [2.05, 4.69) is 34.7 Å². The van der Waals surface area contributed by atoms with Crippen LogP contribution in [0, 0.1) is 5.92 Å². The second kappa shape index (κ2) is 10.1. The zero-order valence-electron chi connectivity index (χ0n) is 20.9. The van der Waals surface area contributed by atoms with Gasteiger partial charge in [-0.25, -0.2) is 9.78 Å². The lowest BCUT2D eigenvalue weighted by molar-refractivity contribution is -0.184. The number of alkyl halides is 3. The molecule has 1 unspecified atom stereocenters. The number of halogens is 3. The van der Waals surface area contributed by atoms with Gasteiger partial charge in [-0.1, -0.05) is 32.0 Å². The number of carboxylic acid groups (broad SMARTS) is 1. The summed E-state index contributed by atoms with van der Waals surface area (Å²) in [6.45, 7) is 5.12. The van der Waals surface area contributed by atoms with Gasteiger partial charge in [0.15, 0.2) is 11.5 Å². The highest BCUT2D eigenvalue weighted by Crippen LogP contribution is 2.39. The van der Waals surface area contributed by atoms with Crippen molar-refractivity contribution in [3.8, 4) is 11.5 Å². The fourth-order valence-corrected chi connectivity index (χ4v) is 4.84. The van der Waals surface area contributed by atoms with Crippen molar-refractivity contribution in [2.45, 2.75) is 38.5 Å². The van der Waals surface area contributed by atoms with Crippen molar-refractivity contribution in [2.24, 2.45) is 5.92 Å². The molecule has 38 heavy (non-hydrogen) atoms. The van der Waals surface area contributed by atoms with Crippen molar-refractivity contribution in [1.29, 1.82) is 0 Å². The molecule has 200 valence electrons. The number of hydrogen-bond donors (Lipinski definition) is 3. The van der Waals surface area contributed by atoms with Crippen LogP contribution in [0.5, 0.6) is 0 Å². The van der Waals surface area contributed by atoms with Gasteiger partial charge in [-0.2, -0.15) is 13.2 Å². The fourth-order valence-electron chi connectivity index (χ4n) is 4.84. The van der Waals surface area contributed by atoms with Crippen molar-refractivity contribution < 1.29 is 23.1 Å². The summed E-state index contributed by atoms with van der Waals surface area (Å²) in [7, 11) is 0. The summed E-state index contributed by atoms with van der Waals surface area (Å²) in [4.78, 5) is 17.0. The minimum atomic E-state index is -4.57. The third-order valence-corrected chi connectivity index (χ3v) is 6.60. The van der Waals surface area contributed by atoms with E-state index in [1.807, 2.05) is 24.3 Å². The molecule has 1 aliphatic heterocycles. The number of hydrogen-bond acceptors (Lipinski definition) is 6. The van der Waals surface area contributed by atoms with Crippen LogP contribution in [0.4, 0.5) is 23.7 Å². The van der Waals surface area contributed by atoms with Crippen LogP contribution in [0.15, 0.2) is 48.7 Å². The Kier molecular flexibility index (Phi) is 6.82. The average Bonchev–Trinajstić information content (AvgIpc) is 3.48. The zero-order chi connectivity index (χ0) is 27.0. The molecule has 3 aromatic heterocycles. The van der Waals surface area contributed by atoms with E-state index in [0.717, 1.165) is 23.1 Å². The lowest BCUT2D eigenvalue weighted by Crippen LogP contribution is -2.40. The largest absolute Gasteiger partial charge is 0.465 e. The summed E-state index contributed by atoms with van der Waals surface area (Å²) in [6, 6.07) is 9.99. The van der Waals surface area contributed by atoms with Crippen LogP contribution in [-0.4, -0.2) is 67.5 Å². The van der Waals surface area contributed by atoms with Gasteiger partial charge >= 0.3 is 12.3 Å². The molecule has 0 spiro atoms. The van der Waals surface area contributed by atoms with Gasteiger partial charge < -0.3 is 15.7 Å². The van der Waals surface area contributed by atoms with Crippen LogP contribution < -0.4 is 10.6 Å². The summed E-state index contributed by atoms with van der Waals surface area (Å²) in [5, 5.41) is 23.9. The van der Waals surface area contributed by atoms with Crippen LogP contribution in [0.25, 0.3) is 28.1 Å². The van der Waals surface area contributed by atoms with E-state index in [-0.39, 0.29) is 18.7 Å². The second-order valence-electron chi connectivity index (χ2n) is 9.97. The van der Waals surface area contributed by atoms with Crippen molar-refractivity contribution in [3.05, 3.63) is 54.2 Å². The number of benzene rings is 1. The van der Waals surface area contributed by atoms with Crippen molar-refractivity contribution in [2.75, 3.05) is 25.0 Å². The normalized spacial score (nSPS) is 17.4. The highest BCUT2D eigenvalue weighted by molar-refractivity contribution is 5.84. The SMILES string of the molecule is CC(C)CNc1ccc2ccc(-c3nnc4ccc(C(N5CC[C@H](NC(=O)O)C5)C(F)(F)F)cn34)nc2c1. The first-order valence-corrected chi connectivity index (χ1v) is 12.4. The van der Waals surface area contributed by atoms with Crippen LogP contribution in [-0.2, 0) is 0 Å². The Balaban J connectivity index is 1.50. The van der Waals surface area contributed by atoms with Gasteiger partial charge in [0, 0.05) is 42.9 Å². The smallest absolute Gasteiger partial charge is 0.408 e. The predicted molar refractivity (Wildman–Crippen MR) is 137 cm³/mol. The molecule has 5 rings (SSSR count). The summed E-state index contributed by atoms with van der Waals surface area (Å²) in [5.74, 6) is 0.805. The molecule has 9 nitrogen and oxygen atoms in total. The molecule has 4 aromatic rings. The zero-order valence-corrected chi connectivity index (χ0v) is 20.9. The van der Waals surface area contributed by atoms with Crippen LogP contribution in [0.3, 0.4) is 0 Å². The first-order chi connectivity index (χ1) is 18.1. The first kappa shape index (κ1) is 25.7. The molecule has 1 saturated heterocycles. The van der Waals surface area contributed by atoms with Crippen molar-refractivity contribution in [3.63, 3.8) is 0 Å². The molecule has 1 fully saturated rings. The van der Waals surface area contributed by atoms with E-state index < -0.39 is 24.4 Å². The minimum Gasteiger partial charge on any atom is -0.465 e. The number of pyridine rings is 2. The Hall–Kier alpha value is -3.93. The Labute approximate surface area is 216 Å². The van der Waals surface area contributed by atoms with E-state index >= 15 is 0 Å². The van der Waals surface area contributed by atoms with E-state index in [0.29, 0.717) is 29.5 Å². The monoisotopic (exact) mass is 527 g/mol. The molecule has 12 heteroatoms. The Bertz CT molecular complexity index is 1470. The number of amides is 1. The van der Waals surface area contributed by atoms with Gasteiger partial charge in [-0.15, -0.1) is 10.2 Å². The topological polar surface area (TPSA) is 108 Å². The third-order valence-electron chi connectivity index (χ3n) is 6.60. The highest BCUT2D eigenvalue weighted by atomic mass is 19.4. The van der Waals surface area contributed by atoms with Gasteiger partial charge in [0.25, 0.3) is 0 Å². The minimum absolute atomic E-state index is 0.0167. The average molecular weight is 528 g/mol. The van der Waals surface area contributed by atoms with Crippen molar-refractivity contribution >= 4 is 28.3 Å². The molecule has 4 heterocycles.